The van der Waals surface area contributed by atoms with E-state index in [0.29, 0.717) is 18.4 Å². The molecular weight excluding hydrogens is 432 g/mol. The Morgan fingerprint density at radius 2 is 2.06 bits per heavy atom. The molecule has 4 heterocycles. The SMILES string of the molecule is C=C/C(=c1/c(N2CCC(CN)C2)nc(-c2ccnc3[nH]c4ccccc4c23)n/c1=C/C)C1CCC1. The summed E-state index contributed by atoms with van der Waals surface area (Å²) < 4.78 is 0. The van der Waals surface area contributed by atoms with Crippen LogP contribution in [0.3, 0.4) is 0 Å². The van der Waals surface area contributed by atoms with Gasteiger partial charge in [-0.15, -0.1) is 0 Å². The molecule has 3 aromatic heterocycles. The molecule has 1 atom stereocenters. The number of benzene rings is 1. The van der Waals surface area contributed by atoms with Gasteiger partial charge >= 0.3 is 0 Å². The van der Waals surface area contributed by atoms with Gasteiger partial charge in [-0.2, -0.15) is 0 Å². The maximum Gasteiger partial charge on any atom is 0.162 e. The fourth-order valence-corrected chi connectivity index (χ4v) is 5.66. The van der Waals surface area contributed by atoms with E-state index < -0.39 is 0 Å². The van der Waals surface area contributed by atoms with Gasteiger partial charge in [-0.1, -0.05) is 43.4 Å². The quantitative estimate of drug-likeness (QED) is 0.468. The topological polar surface area (TPSA) is 83.7 Å². The maximum absolute atomic E-state index is 6.06. The molecule has 1 saturated heterocycles. The van der Waals surface area contributed by atoms with Crippen molar-refractivity contribution in [3.63, 3.8) is 0 Å². The molecule has 0 amide bonds. The summed E-state index contributed by atoms with van der Waals surface area (Å²) in [4.78, 5) is 20.9. The van der Waals surface area contributed by atoms with Crippen LogP contribution in [0.5, 0.6) is 0 Å². The molecule has 6 heteroatoms. The van der Waals surface area contributed by atoms with Gasteiger partial charge in [0.05, 0.1) is 5.35 Å². The number of pyridine rings is 1. The Hall–Kier alpha value is -3.51. The highest BCUT2D eigenvalue weighted by Crippen LogP contribution is 2.35. The molecule has 4 aromatic rings. The third-order valence-corrected chi connectivity index (χ3v) is 7.81. The van der Waals surface area contributed by atoms with E-state index >= 15 is 0 Å². The van der Waals surface area contributed by atoms with Gasteiger partial charge in [0, 0.05) is 46.4 Å². The maximum atomic E-state index is 6.06. The van der Waals surface area contributed by atoms with Crippen molar-refractivity contribution in [2.75, 3.05) is 24.5 Å². The summed E-state index contributed by atoms with van der Waals surface area (Å²) in [6.07, 6.45) is 10.8. The van der Waals surface area contributed by atoms with Crippen molar-refractivity contribution in [2.24, 2.45) is 17.6 Å². The number of anilines is 1. The first-order chi connectivity index (χ1) is 17.2. The Morgan fingerprint density at radius 3 is 2.77 bits per heavy atom. The van der Waals surface area contributed by atoms with Crippen LogP contribution in [-0.2, 0) is 0 Å². The first-order valence-electron chi connectivity index (χ1n) is 12.7. The monoisotopic (exact) mass is 464 g/mol. The minimum absolute atomic E-state index is 0.493. The van der Waals surface area contributed by atoms with Crippen LogP contribution in [0.2, 0.25) is 0 Å². The van der Waals surface area contributed by atoms with Gasteiger partial charge in [0.2, 0.25) is 0 Å². The lowest BCUT2D eigenvalue weighted by molar-refractivity contribution is 0.400. The summed E-state index contributed by atoms with van der Waals surface area (Å²) in [5, 5.41) is 4.33. The molecule has 35 heavy (non-hydrogen) atoms. The number of allylic oxidation sites excluding steroid dienone is 1. The standard InChI is InChI=1S/C29H32N6/c1-3-20(19-8-7-9-19)26-23(4-2)32-27(34-29(26)35-15-13-18(16-30)17-35)22-12-14-31-28-25(22)21-10-5-6-11-24(21)33-28/h3-6,10-12,14,18-19H,1,7-9,13,15-17,30H2,2H3,(H,31,33)/b23-4+,26-20-. The summed E-state index contributed by atoms with van der Waals surface area (Å²) in [5.74, 6) is 2.79. The van der Waals surface area contributed by atoms with Gasteiger partial charge < -0.3 is 15.6 Å². The van der Waals surface area contributed by atoms with Gasteiger partial charge in [-0.25, -0.2) is 15.0 Å². The summed E-state index contributed by atoms with van der Waals surface area (Å²) in [7, 11) is 0. The van der Waals surface area contributed by atoms with Crippen molar-refractivity contribution in [3.05, 3.63) is 59.8 Å². The van der Waals surface area contributed by atoms with E-state index in [4.69, 9.17) is 15.7 Å². The highest BCUT2D eigenvalue weighted by molar-refractivity contribution is 6.12. The molecule has 2 aliphatic rings. The first-order valence-corrected chi connectivity index (χ1v) is 12.7. The number of aromatic amines is 1. The predicted octanol–water partition coefficient (Wildman–Crippen LogP) is 3.90. The van der Waals surface area contributed by atoms with Crippen LogP contribution in [-0.4, -0.2) is 39.6 Å². The molecule has 1 aromatic carbocycles. The lowest BCUT2D eigenvalue weighted by Crippen LogP contribution is -2.40. The highest BCUT2D eigenvalue weighted by Gasteiger charge is 2.28. The average molecular weight is 465 g/mol. The van der Waals surface area contributed by atoms with Gasteiger partial charge in [-0.05, 0) is 62.3 Å². The molecule has 1 aliphatic heterocycles. The van der Waals surface area contributed by atoms with E-state index in [0.717, 1.165) is 69.2 Å². The van der Waals surface area contributed by atoms with Crippen LogP contribution in [0.15, 0.2) is 49.2 Å². The molecule has 0 bridgehead atoms. The van der Waals surface area contributed by atoms with Gasteiger partial charge in [-0.3, -0.25) is 0 Å². The van der Waals surface area contributed by atoms with E-state index in [1.807, 2.05) is 24.4 Å². The number of hydrogen-bond donors (Lipinski definition) is 2. The van der Waals surface area contributed by atoms with Gasteiger partial charge in [0.1, 0.15) is 11.5 Å². The second kappa shape index (κ2) is 8.93. The average Bonchev–Trinajstić information content (AvgIpc) is 3.50. The minimum Gasteiger partial charge on any atom is -0.356 e. The molecule has 2 fully saturated rings. The number of nitrogens with zero attached hydrogens (tertiary/aromatic N) is 4. The van der Waals surface area contributed by atoms with Crippen molar-refractivity contribution >= 4 is 39.4 Å². The number of nitrogens with one attached hydrogen (secondary N) is 1. The molecule has 6 rings (SSSR count). The predicted molar refractivity (Wildman–Crippen MR) is 144 cm³/mol. The van der Waals surface area contributed by atoms with Crippen molar-refractivity contribution < 1.29 is 0 Å². The summed E-state index contributed by atoms with van der Waals surface area (Å²) >= 11 is 0. The van der Waals surface area contributed by atoms with E-state index in [-0.39, 0.29) is 0 Å². The number of H-pyrrole nitrogens is 1. The Kier molecular flexibility index (Phi) is 5.61. The van der Waals surface area contributed by atoms with Gasteiger partial charge in [0.25, 0.3) is 0 Å². The van der Waals surface area contributed by atoms with E-state index in [9.17, 15) is 0 Å². The lowest BCUT2D eigenvalue weighted by Gasteiger charge is -2.28. The van der Waals surface area contributed by atoms with E-state index in [1.165, 1.54) is 24.8 Å². The van der Waals surface area contributed by atoms with Crippen LogP contribution >= 0.6 is 0 Å². The number of fused-ring (bicyclic) bond motifs is 3. The molecule has 3 N–H and O–H groups in total. The Bertz CT molecular complexity index is 1540. The summed E-state index contributed by atoms with van der Waals surface area (Å²) in [5.41, 5.74) is 10.3. The largest absolute Gasteiger partial charge is 0.356 e. The van der Waals surface area contributed by atoms with Crippen molar-refractivity contribution in [1.29, 1.82) is 0 Å². The zero-order valence-electron chi connectivity index (χ0n) is 20.3. The fraction of sp³-hybridized carbons (Fsp3) is 0.345. The second-order valence-electron chi connectivity index (χ2n) is 9.80. The lowest BCUT2D eigenvalue weighted by atomic mass is 9.79. The molecule has 0 spiro atoms. The number of hydrogen-bond acceptors (Lipinski definition) is 5. The van der Waals surface area contributed by atoms with E-state index in [1.54, 1.807) is 0 Å². The third kappa shape index (κ3) is 3.64. The smallest absolute Gasteiger partial charge is 0.162 e. The number of nitrogens with two attached hydrogens (primary N) is 1. The molecule has 1 saturated carbocycles. The van der Waals surface area contributed by atoms with Crippen LogP contribution in [0.25, 0.3) is 45.0 Å². The summed E-state index contributed by atoms with van der Waals surface area (Å²) in [6, 6.07) is 10.4. The van der Waals surface area contributed by atoms with Crippen LogP contribution in [0.4, 0.5) is 5.82 Å². The molecule has 0 radical (unpaired) electrons. The van der Waals surface area contributed by atoms with Crippen molar-refractivity contribution in [1.82, 2.24) is 19.9 Å². The van der Waals surface area contributed by atoms with E-state index in [2.05, 4.69) is 52.6 Å². The highest BCUT2D eigenvalue weighted by atomic mass is 15.2. The van der Waals surface area contributed by atoms with Crippen LogP contribution in [0, 0.1) is 11.8 Å². The Labute approximate surface area is 205 Å². The molecule has 6 nitrogen and oxygen atoms in total. The van der Waals surface area contributed by atoms with Crippen molar-refractivity contribution in [2.45, 2.75) is 32.6 Å². The van der Waals surface area contributed by atoms with Crippen LogP contribution < -0.4 is 21.2 Å². The zero-order chi connectivity index (χ0) is 23.9. The molecular formula is C29H32N6. The minimum atomic E-state index is 0.493. The Morgan fingerprint density at radius 1 is 1.20 bits per heavy atom. The van der Waals surface area contributed by atoms with Crippen molar-refractivity contribution in [3.8, 4) is 11.4 Å². The van der Waals surface area contributed by atoms with Crippen LogP contribution in [0.1, 0.15) is 32.6 Å². The number of aromatic nitrogens is 4. The molecule has 1 unspecified atom stereocenters. The number of para-hydroxylation sites is 1. The van der Waals surface area contributed by atoms with Gasteiger partial charge in [0.15, 0.2) is 5.82 Å². The fourth-order valence-electron chi connectivity index (χ4n) is 5.66. The normalized spacial score (nSPS) is 20.0. The zero-order valence-corrected chi connectivity index (χ0v) is 20.3. The number of rotatable bonds is 5. The second-order valence-corrected chi connectivity index (χ2v) is 9.80. The molecule has 178 valence electrons. The third-order valence-electron chi connectivity index (χ3n) is 7.81. The Balaban J connectivity index is 1.65. The summed E-state index contributed by atoms with van der Waals surface area (Å²) in [6.45, 7) is 8.87. The molecule has 1 aliphatic carbocycles. The first kappa shape index (κ1) is 22.0.